The number of halogens is 3. The van der Waals surface area contributed by atoms with Crippen LogP contribution >= 0.6 is 23.1 Å². The number of aromatic nitrogens is 1. The Hall–Kier alpha value is -1.54. The summed E-state index contributed by atoms with van der Waals surface area (Å²) in [6, 6.07) is 5.06. The molecule has 0 bridgehead atoms. The number of aromatic carboxylic acids is 1. The van der Waals surface area contributed by atoms with Gasteiger partial charge in [0.2, 0.25) is 0 Å². The Kier molecular flexibility index (Phi) is 4.58. The van der Waals surface area contributed by atoms with Gasteiger partial charge in [-0.15, -0.1) is 11.3 Å². The molecule has 112 valence electrons. The minimum absolute atomic E-state index is 0.154. The summed E-state index contributed by atoms with van der Waals surface area (Å²) in [5, 5.41) is 8.93. The number of carboxylic acid groups (broad SMARTS) is 1. The Balaban J connectivity index is 2.10. The second kappa shape index (κ2) is 6.07. The van der Waals surface area contributed by atoms with Crippen molar-refractivity contribution in [1.82, 2.24) is 4.98 Å². The van der Waals surface area contributed by atoms with Crippen LogP contribution in [0.25, 0.3) is 0 Å². The molecule has 0 spiro atoms. The van der Waals surface area contributed by atoms with Gasteiger partial charge in [0.25, 0.3) is 0 Å². The second-order valence-electron chi connectivity index (χ2n) is 4.19. The van der Waals surface area contributed by atoms with E-state index in [1.807, 2.05) is 0 Å². The largest absolute Gasteiger partial charge is 0.477 e. The van der Waals surface area contributed by atoms with E-state index in [0.29, 0.717) is 21.3 Å². The Morgan fingerprint density at radius 3 is 2.71 bits per heavy atom. The first-order chi connectivity index (χ1) is 9.77. The quantitative estimate of drug-likeness (QED) is 0.839. The molecule has 1 aromatic heterocycles. The first-order valence-corrected chi connectivity index (χ1v) is 7.57. The molecule has 0 saturated carbocycles. The van der Waals surface area contributed by atoms with Crippen LogP contribution in [0.2, 0.25) is 0 Å². The van der Waals surface area contributed by atoms with Gasteiger partial charge in [-0.1, -0.05) is 30.0 Å². The highest BCUT2D eigenvalue weighted by Crippen LogP contribution is 2.33. The molecule has 0 aliphatic heterocycles. The van der Waals surface area contributed by atoms with Gasteiger partial charge in [0.15, 0.2) is 4.34 Å². The maximum absolute atomic E-state index is 12.6. The van der Waals surface area contributed by atoms with Crippen molar-refractivity contribution in [2.75, 3.05) is 0 Å². The topological polar surface area (TPSA) is 50.2 Å². The van der Waals surface area contributed by atoms with Gasteiger partial charge in [0, 0.05) is 5.75 Å². The van der Waals surface area contributed by atoms with Crippen molar-refractivity contribution in [1.29, 1.82) is 0 Å². The van der Waals surface area contributed by atoms with E-state index in [-0.39, 0.29) is 4.88 Å². The monoisotopic (exact) mass is 333 g/mol. The van der Waals surface area contributed by atoms with E-state index >= 15 is 0 Å². The minimum atomic E-state index is -4.37. The van der Waals surface area contributed by atoms with Crippen LogP contribution in [0.5, 0.6) is 0 Å². The number of hydrogen-bond acceptors (Lipinski definition) is 4. The zero-order valence-corrected chi connectivity index (χ0v) is 12.4. The molecule has 3 nitrogen and oxygen atoms in total. The lowest BCUT2D eigenvalue weighted by Crippen LogP contribution is -2.04. The predicted molar refractivity (Wildman–Crippen MR) is 74.8 cm³/mol. The molecule has 21 heavy (non-hydrogen) atoms. The smallest absolute Gasteiger partial charge is 0.416 e. The van der Waals surface area contributed by atoms with Crippen LogP contribution < -0.4 is 0 Å². The number of aryl methyl sites for hydroxylation is 1. The van der Waals surface area contributed by atoms with Crippen LogP contribution in [-0.4, -0.2) is 16.1 Å². The fourth-order valence-corrected chi connectivity index (χ4v) is 3.59. The average molecular weight is 333 g/mol. The molecule has 0 amide bonds. The second-order valence-corrected chi connectivity index (χ2v) is 6.41. The van der Waals surface area contributed by atoms with Gasteiger partial charge in [-0.2, -0.15) is 13.2 Å². The summed E-state index contributed by atoms with van der Waals surface area (Å²) in [6.07, 6.45) is -4.37. The van der Waals surface area contributed by atoms with Gasteiger partial charge in [-0.25, -0.2) is 9.78 Å². The van der Waals surface area contributed by atoms with Crippen molar-refractivity contribution >= 4 is 29.1 Å². The third-order valence-electron chi connectivity index (χ3n) is 2.59. The lowest BCUT2D eigenvalue weighted by Gasteiger charge is -2.07. The molecule has 2 rings (SSSR count). The number of thioether (sulfide) groups is 1. The lowest BCUT2D eigenvalue weighted by molar-refractivity contribution is -0.137. The zero-order chi connectivity index (χ0) is 15.6. The summed E-state index contributed by atoms with van der Waals surface area (Å²) in [6.45, 7) is 1.59. The molecule has 1 N–H and O–H groups in total. The van der Waals surface area contributed by atoms with Crippen LogP contribution in [-0.2, 0) is 11.9 Å². The molecular formula is C13H10F3NO2S2. The molecule has 0 saturated heterocycles. The molecule has 0 radical (unpaired) electrons. The zero-order valence-electron chi connectivity index (χ0n) is 10.8. The van der Waals surface area contributed by atoms with Crippen molar-refractivity contribution in [2.24, 2.45) is 0 Å². The molecule has 0 atom stereocenters. The SMILES string of the molecule is Cc1nc(SCc2cccc(C(F)(F)F)c2)sc1C(=O)O. The molecule has 0 aliphatic carbocycles. The van der Waals surface area contributed by atoms with E-state index in [9.17, 15) is 18.0 Å². The van der Waals surface area contributed by atoms with E-state index in [4.69, 9.17) is 5.11 Å². The first-order valence-electron chi connectivity index (χ1n) is 5.77. The summed E-state index contributed by atoms with van der Waals surface area (Å²) < 4.78 is 38.3. The van der Waals surface area contributed by atoms with Gasteiger partial charge in [0.05, 0.1) is 11.3 Å². The Morgan fingerprint density at radius 2 is 2.14 bits per heavy atom. The van der Waals surface area contributed by atoms with Crippen molar-refractivity contribution < 1.29 is 23.1 Å². The molecule has 2 aromatic rings. The summed E-state index contributed by atoms with van der Waals surface area (Å²) in [5.74, 6) is -0.744. The number of nitrogens with zero attached hydrogens (tertiary/aromatic N) is 1. The fraction of sp³-hybridized carbons (Fsp3) is 0.231. The van der Waals surface area contributed by atoms with Crippen molar-refractivity contribution in [3.05, 3.63) is 46.0 Å². The van der Waals surface area contributed by atoms with Gasteiger partial charge < -0.3 is 5.11 Å². The third-order valence-corrected chi connectivity index (χ3v) is 4.95. The van der Waals surface area contributed by atoms with Crippen molar-refractivity contribution in [3.63, 3.8) is 0 Å². The number of benzene rings is 1. The molecule has 1 aromatic carbocycles. The third kappa shape index (κ3) is 3.98. The van der Waals surface area contributed by atoms with Gasteiger partial charge in [0.1, 0.15) is 4.88 Å². The molecule has 0 fully saturated rings. The normalized spacial score (nSPS) is 11.6. The maximum Gasteiger partial charge on any atom is 0.416 e. The van der Waals surface area contributed by atoms with Crippen LogP contribution in [0.15, 0.2) is 28.6 Å². The van der Waals surface area contributed by atoms with Crippen LogP contribution in [0.4, 0.5) is 13.2 Å². The van der Waals surface area contributed by atoms with E-state index < -0.39 is 17.7 Å². The standard InChI is InChI=1S/C13H10F3NO2S2/c1-7-10(11(18)19)21-12(17-7)20-6-8-3-2-4-9(5-8)13(14,15)16/h2-5H,6H2,1H3,(H,18,19). The van der Waals surface area contributed by atoms with E-state index in [1.54, 1.807) is 13.0 Å². The number of thiazole rings is 1. The van der Waals surface area contributed by atoms with Crippen LogP contribution in [0.3, 0.4) is 0 Å². The molecule has 0 unspecified atom stereocenters. The van der Waals surface area contributed by atoms with Crippen molar-refractivity contribution in [2.45, 2.75) is 23.2 Å². The highest BCUT2D eigenvalue weighted by molar-refractivity contribution is 8.00. The van der Waals surface area contributed by atoms with E-state index in [2.05, 4.69) is 4.98 Å². The predicted octanol–water partition coefficient (Wildman–Crippen LogP) is 4.46. The summed E-state index contributed by atoms with van der Waals surface area (Å²) >= 11 is 2.25. The minimum Gasteiger partial charge on any atom is -0.477 e. The Bertz CT molecular complexity index is 668. The molecule has 0 aliphatic rings. The first kappa shape index (κ1) is 15.8. The van der Waals surface area contributed by atoms with Gasteiger partial charge in [-0.3, -0.25) is 0 Å². The summed E-state index contributed by atoms with van der Waals surface area (Å²) in [4.78, 5) is 15.2. The fourth-order valence-electron chi connectivity index (χ4n) is 1.61. The summed E-state index contributed by atoms with van der Waals surface area (Å²) in [7, 11) is 0. The lowest BCUT2D eigenvalue weighted by atomic mass is 10.1. The number of rotatable bonds is 4. The number of carbonyl (C=O) groups is 1. The van der Waals surface area contributed by atoms with Gasteiger partial charge >= 0.3 is 12.1 Å². The Labute approximate surface area is 126 Å². The van der Waals surface area contributed by atoms with Crippen molar-refractivity contribution in [3.8, 4) is 0 Å². The van der Waals surface area contributed by atoms with Crippen LogP contribution in [0, 0.1) is 6.92 Å². The van der Waals surface area contributed by atoms with E-state index in [1.165, 1.54) is 17.8 Å². The number of alkyl halides is 3. The molecular weight excluding hydrogens is 323 g/mol. The van der Waals surface area contributed by atoms with Gasteiger partial charge in [-0.05, 0) is 18.6 Å². The number of carboxylic acids is 1. The molecule has 1 heterocycles. The Morgan fingerprint density at radius 1 is 1.43 bits per heavy atom. The highest BCUT2D eigenvalue weighted by Gasteiger charge is 2.30. The summed E-state index contributed by atoms with van der Waals surface area (Å²) in [5.41, 5.74) is 0.237. The highest BCUT2D eigenvalue weighted by atomic mass is 32.2. The number of hydrogen-bond donors (Lipinski definition) is 1. The maximum atomic E-state index is 12.6. The average Bonchev–Trinajstić information content (AvgIpc) is 2.77. The van der Waals surface area contributed by atoms with Crippen LogP contribution in [0.1, 0.15) is 26.5 Å². The van der Waals surface area contributed by atoms with E-state index in [0.717, 1.165) is 23.5 Å². The molecule has 8 heteroatoms.